The van der Waals surface area contributed by atoms with Crippen molar-refractivity contribution in [3.05, 3.63) is 256 Å². The summed E-state index contributed by atoms with van der Waals surface area (Å²) in [6.07, 6.45) is 3.42. The summed E-state index contributed by atoms with van der Waals surface area (Å²) in [4.78, 5) is 22.7. The summed E-state index contributed by atoms with van der Waals surface area (Å²) in [5.41, 5.74) is -37.7. The molecule has 4 aliphatic heterocycles. The third-order valence-corrected chi connectivity index (χ3v) is 16.8. The summed E-state index contributed by atoms with van der Waals surface area (Å²) in [5.74, 6) is -84.7. The topological polar surface area (TPSA) is 98.9 Å². The number of rotatable bonds is 6. The number of fused-ring (bicyclic) bond motifs is 15. The fourth-order valence-electron chi connectivity index (χ4n) is 12.0. The molecule has 0 radical (unpaired) electrons. The summed E-state index contributed by atoms with van der Waals surface area (Å²) in [6, 6.07) is 3.83. The summed E-state index contributed by atoms with van der Waals surface area (Å²) < 4.78 is 473. The number of nitrogens with one attached hydrogen (secondary N) is 3. The van der Waals surface area contributed by atoms with Gasteiger partial charge in [0.05, 0.1) is 90.0 Å². The molecule has 8 heterocycles. The molecule has 4 aromatic heterocycles. The zero-order valence-corrected chi connectivity index (χ0v) is 50.7. The van der Waals surface area contributed by atoms with Crippen LogP contribution in [-0.2, 0) is 0 Å². The molecule has 0 aliphatic carbocycles. The molecule has 14 rings (SSSR count). The van der Waals surface area contributed by atoms with Gasteiger partial charge in [0.2, 0.25) is 34.9 Å². The Hall–Kier alpha value is -12.6. The quantitative estimate of drug-likeness (QED) is 0.0877. The number of hydrogen-bond donors (Lipinski definition) is 3. The van der Waals surface area contributed by atoms with Gasteiger partial charge in [0.15, 0.2) is 140 Å². The lowest BCUT2D eigenvalue weighted by atomic mass is 10.00. The molecule has 542 valence electrons. The van der Waals surface area contributed by atoms with Crippen molar-refractivity contribution in [2.75, 3.05) is 0 Å². The zero-order chi connectivity index (χ0) is 77.2. The van der Waals surface area contributed by atoms with Crippen LogP contribution >= 0.6 is 0 Å². The first-order valence-electron chi connectivity index (χ1n) is 29.1. The monoisotopic (exact) mass is 1530 g/mol. The first-order chi connectivity index (χ1) is 50.6. The van der Waals surface area contributed by atoms with Crippen LogP contribution in [0.25, 0.3) is 148 Å². The minimum atomic E-state index is -2.93. The summed E-state index contributed by atoms with van der Waals surface area (Å²) >= 11 is 0. The highest BCUT2D eigenvalue weighted by molar-refractivity contribution is 6.01. The lowest BCUT2D eigenvalue weighted by Crippen LogP contribution is -2.06. The molecule has 107 heavy (non-hydrogen) atoms. The van der Waals surface area contributed by atoms with E-state index in [2.05, 4.69) is 34.9 Å². The highest BCUT2D eigenvalue weighted by Gasteiger charge is 2.38. The van der Waals surface area contributed by atoms with Gasteiger partial charge in [-0.2, -0.15) is 0 Å². The summed E-state index contributed by atoms with van der Waals surface area (Å²) in [5, 5.41) is 0. The molecule has 0 atom stereocenters. The molecule has 14 bridgehead atoms. The number of aromatic amines is 3. The van der Waals surface area contributed by atoms with Crippen LogP contribution in [-0.4, -0.2) is 34.9 Å². The van der Waals surface area contributed by atoms with E-state index in [0.29, 0.717) is 72.9 Å². The highest BCUT2D eigenvalue weighted by atomic mass is 19.2. The van der Waals surface area contributed by atoms with E-state index in [1.807, 2.05) is 0 Å². The van der Waals surface area contributed by atoms with Crippen LogP contribution in [0, 0.1) is 175 Å². The van der Waals surface area contributed by atoms with Gasteiger partial charge in [0.25, 0.3) is 0 Å². The van der Waals surface area contributed by atoms with Crippen molar-refractivity contribution in [3.8, 4) is 66.8 Å². The lowest BCUT2D eigenvalue weighted by Gasteiger charge is -2.12. The van der Waals surface area contributed by atoms with Crippen molar-refractivity contribution >= 4 is 81.7 Å². The van der Waals surface area contributed by atoms with E-state index in [4.69, 9.17) is 0 Å². The SMILES string of the molecule is Fc1c(F)c(F)c(-c2c3nc(c(-c4c(F)c(F)c(F)c(F)c4F)c4ccc([nH]4)c(-c4c(F)c(F)c(F)c(F)c4F)c4nc(c(-c5c(F)c(F)c(F)c(F)c5F)c5nc(c(-c6c(F)c(F)c(F)c(F)c6F)c6ccc([nH]6)c6ccc([nH]6)c(-c6c(F)c(F)c(F)c(F)c6F)c6nc2C=C6)C=C5)C=C4)C=C3)c(F)c1F. The molecule has 4 aliphatic rings. The molecular formula is C70H17F30N7. The Balaban J connectivity index is 1.26. The molecule has 0 fully saturated rings. The second-order valence-electron chi connectivity index (χ2n) is 22.6. The number of halogens is 30. The van der Waals surface area contributed by atoms with Crippen molar-refractivity contribution < 1.29 is 132 Å². The van der Waals surface area contributed by atoms with E-state index in [9.17, 15) is 26.3 Å². The first kappa shape index (κ1) is 71.4. The number of H-pyrrole nitrogens is 3. The minimum Gasteiger partial charge on any atom is -0.354 e. The molecule has 6 aromatic carbocycles. The van der Waals surface area contributed by atoms with Crippen molar-refractivity contribution in [3.63, 3.8) is 0 Å². The molecule has 10 aromatic rings. The van der Waals surface area contributed by atoms with Gasteiger partial charge in [-0.3, -0.25) is 0 Å². The van der Waals surface area contributed by atoms with Crippen LogP contribution < -0.4 is 0 Å². The first-order valence-corrected chi connectivity index (χ1v) is 29.1. The van der Waals surface area contributed by atoms with Crippen LogP contribution in [0.1, 0.15) is 45.6 Å². The number of hydrogen-bond acceptors (Lipinski definition) is 4. The Morgan fingerprint density at radius 3 is 0.402 bits per heavy atom. The molecule has 0 unspecified atom stereocenters. The normalized spacial score (nSPS) is 12.4. The van der Waals surface area contributed by atoms with E-state index >= 15 is 105 Å². The Morgan fingerprint density at radius 2 is 0.243 bits per heavy atom. The van der Waals surface area contributed by atoms with Crippen molar-refractivity contribution in [1.82, 2.24) is 34.9 Å². The van der Waals surface area contributed by atoms with E-state index in [1.165, 1.54) is 0 Å². The Labute approximate surface area is 570 Å². The highest BCUT2D eigenvalue weighted by Crippen LogP contribution is 2.47. The Bertz CT molecular complexity index is 5790. The Morgan fingerprint density at radius 1 is 0.131 bits per heavy atom. The fourth-order valence-corrected chi connectivity index (χ4v) is 12.0. The zero-order valence-electron chi connectivity index (χ0n) is 50.7. The van der Waals surface area contributed by atoms with Crippen molar-refractivity contribution in [1.29, 1.82) is 0 Å². The van der Waals surface area contributed by atoms with Crippen LogP contribution in [0.15, 0.2) is 36.4 Å². The van der Waals surface area contributed by atoms with Gasteiger partial charge >= 0.3 is 0 Å². The lowest BCUT2D eigenvalue weighted by molar-refractivity contribution is 0.381. The van der Waals surface area contributed by atoms with Gasteiger partial charge in [-0.15, -0.1) is 0 Å². The molecule has 0 spiro atoms. The smallest absolute Gasteiger partial charge is 0.200 e. The predicted octanol–water partition coefficient (Wildman–Crippen LogP) is 21.9. The summed E-state index contributed by atoms with van der Waals surface area (Å²) in [7, 11) is 0. The average Bonchev–Trinajstić information content (AvgIpc) is 1.64. The maximum Gasteiger partial charge on any atom is 0.200 e. The predicted molar refractivity (Wildman–Crippen MR) is 320 cm³/mol. The van der Waals surface area contributed by atoms with Crippen LogP contribution in [0.5, 0.6) is 0 Å². The third-order valence-electron chi connectivity index (χ3n) is 16.8. The standard InChI is InChI=1S/C70H17F30N7/c71-41-35(42(72)54(84)65(95)53(41)83)29-17-3-1-15(101-17)16-2-4-18(102-16)30(36-43(73)55(85)66(96)56(86)44(36)74)20-6-8-22(104-20)32(38-47(77)59(89)68(98)60(90)48(38)78)24-10-12-26(106-24)34(40-51(81)63(93)70(100)64(94)52(40)82)28-14-13-27(107-28)33(39-49(79)61(91)69(99)62(92)50(39)80)25-11-9-23(105-25)31(21-7-5-19(29)103-21)37-45(75)57(87)67(97)58(88)46(37)76/h1-14,101-102,107H. The van der Waals surface area contributed by atoms with Crippen molar-refractivity contribution in [2.45, 2.75) is 0 Å². The van der Waals surface area contributed by atoms with Gasteiger partial charge in [-0.05, 0) is 85.0 Å². The second kappa shape index (κ2) is 25.6. The second-order valence-corrected chi connectivity index (χ2v) is 22.6. The molecule has 3 N–H and O–H groups in total. The van der Waals surface area contributed by atoms with E-state index in [1.54, 1.807) is 0 Å². The number of aromatic nitrogens is 7. The van der Waals surface area contributed by atoms with Gasteiger partial charge in [-0.1, -0.05) is 0 Å². The van der Waals surface area contributed by atoms with Gasteiger partial charge < -0.3 is 15.0 Å². The van der Waals surface area contributed by atoms with Gasteiger partial charge in [0.1, 0.15) is 0 Å². The van der Waals surface area contributed by atoms with Crippen LogP contribution in [0.3, 0.4) is 0 Å². The molecule has 7 nitrogen and oxygen atoms in total. The minimum absolute atomic E-state index is 0.385. The van der Waals surface area contributed by atoms with E-state index < -0.39 is 320 Å². The largest absolute Gasteiger partial charge is 0.354 e. The maximum atomic E-state index is 16.5. The fraction of sp³-hybridized carbons (Fsp3) is 0. The maximum absolute atomic E-state index is 16.5. The van der Waals surface area contributed by atoms with Gasteiger partial charge in [0, 0.05) is 55.4 Å². The molecule has 0 amide bonds. The van der Waals surface area contributed by atoms with Crippen LogP contribution in [0.4, 0.5) is 132 Å². The molecule has 0 saturated heterocycles. The van der Waals surface area contributed by atoms with Crippen molar-refractivity contribution in [2.24, 2.45) is 0 Å². The molecular weight excluding hydrogens is 1510 g/mol. The average molecular weight is 1530 g/mol. The third kappa shape index (κ3) is 10.7. The summed E-state index contributed by atoms with van der Waals surface area (Å²) in [6.45, 7) is 0. The van der Waals surface area contributed by atoms with E-state index in [0.717, 1.165) is 12.1 Å². The van der Waals surface area contributed by atoms with Crippen LogP contribution in [0.2, 0.25) is 0 Å². The van der Waals surface area contributed by atoms with E-state index in [-0.39, 0.29) is 0 Å². The Kier molecular flexibility index (Phi) is 17.1. The molecule has 37 heteroatoms. The molecule has 0 saturated carbocycles. The number of benzene rings is 6. The number of nitrogens with zero attached hydrogens (tertiary/aromatic N) is 4. The van der Waals surface area contributed by atoms with Gasteiger partial charge in [-0.25, -0.2) is 152 Å².